The van der Waals surface area contributed by atoms with Crippen LogP contribution in [-0.4, -0.2) is 39.9 Å². The van der Waals surface area contributed by atoms with E-state index in [1.807, 2.05) is 6.07 Å². The van der Waals surface area contributed by atoms with Crippen LogP contribution < -0.4 is 16.0 Å². The lowest BCUT2D eigenvalue weighted by molar-refractivity contribution is -0.383. The monoisotopic (exact) mass is 409 g/mol. The number of hydrogen-bond donors (Lipinski definition) is 2. The second kappa shape index (κ2) is 8.82. The highest BCUT2D eigenvalue weighted by atomic mass is 16.6. The van der Waals surface area contributed by atoms with E-state index in [1.54, 1.807) is 43.3 Å². The Morgan fingerprint density at radius 2 is 1.90 bits per heavy atom. The molecule has 0 aliphatic carbocycles. The molecule has 1 aromatic heterocycles. The zero-order valence-electron chi connectivity index (χ0n) is 16.3. The average Bonchev–Trinajstić information content (AvgIpc) is 2.72. The minimum absolute atomic E-state index is 0.00766. The van der Waals surface area contributed by atoms with Crippen LogP contribution in [0.4, 0.5) is 29.0 Å². The van der Waals surface area contributed by atoms with Crippen molar-refractivity contribution < 1.29 is 14.5 Å². The van der Waals surface area contributed by atoms with E-state index in [0.29, 0.717) is 11.6 Å². The third-order valence-electron chi connectivity index (χ3n) is 3.90. The molecule has 154 valence electrons. The number of para-hydroxylation sites is 1. The number of rotatable bonds is 7. The van der Waals surface area contributed by atoms with E-state index >= 15 is 0 Å². The largest absolute Gasteiger partial charge is 0.454 e. The Morgan fingerprint density at radius 1 is 1.17 bits per heavy atom. The highest BCUT2D eigenvalue weighted by Crippen LogP contribution is 2.29. The number of anilines is 4. The number of carbonyl (C=O) groups excluding carboxylic acids is 1. The van der Waals surface area contributed by atoms with Gasteiger partial charge in [0.15, 0.2) is 12.4 Å². The first kappa shape index (κ1) is 20.5. The zero-order chi connectivity index (χ0) is 21.7. The molecule has 0 amide bonds. The molecule has 1 heterocycles. The van der Waals surface area contributed by atoms with Crippen LogP contribution in [0.3, 0.4) is 0 Å². The second-order valence-electron chi connectivity index (χ2n) is 6.36. The van der Waals surface area contributed by atoms with Crippen LogP contribution in [0.1, 0.15) is 16.2 Å². The van der Waals surface area contributed by atoms with Gasteiger partial charge in [-0.15, -0.1) is 0 Å². The van der Waals surface area contributed by atoms with Crippen molar-refractivity contribution in [1.82, 2.24) is 15.0 Å². The van der Waals surface area contributed by atoms with E-state index in [2.05, 4.69) is 20.3 Å². The number of nitrogen functional groups attached to an aromatic ring is 1. The van der Waals surface area contributed by atoms with Crippen LogP contribution in [-0.2, 0) is 11.3 Å². The van der Waals surface area contributed by atoms with Crippen molar-refractivity contribution in [1.29, 1.82) is 0 Å². The highest BCUT2D eigenvalue weighted by Gasteiger charge is 2.19. The number of nitrogens with zero attached hydrogens (tertiary/aromatic N) is 5. The molecule has 30 heavy (non-hydrogen) atoms. The van der Waals surface area contributed by atoms with Crippen molar-refractivity contribution in [3.8, 4) is 0 Å². The van der Waals surface area contributed by atoms with Crippen molar-refractivity contribution >= 4 is 34.9 Å². The minimum Gasteiger partial charge on any atom is -0.454 e. The molecule has 3 rings (SSSR count). The summed E-state index contributed by atoms with van der Waals surface area (Å²) in [5, 5.41) is 14.4. The van der Waals surface area contributed by atoms with E-state index in [1.165, 1.54) is 12.1 Å². The molecule has 0 aliphatic rings. The predicted octanol–water partition coefficient (Wildman–Crippen LogP) is 2.53. The molecule has 2 aromatic carbocycles. The van der Waals surface area contributed by atoms with E-state index in [4.69, 9.17) is 10.5 Å². The summed E-state index contributed by atoms with van der Waals surface area (Å²) in [5.41, 5.74) is 6.34. The molecular weight excluding hydrogens is 390 g/mol. The summed E-state index contributed by atoms with van der Waals surface area (Å²) in [5.74, 6) is -0.279. The normalized spacial score (nSPS) is 10.3. The lowest BCUT2D eigenvalue weighted by Crippen LogP contribution is -2.17. The van der Waals surface area contributed by atoms with E-state index < -0.39 is 10.9 Å². The molecule has 11 heteroatoms. The Kier molecular flexibility index (Phi) is 6.01. The molecule has 11 nitrogen and oxygen atoms in total. The Bertz CT molecular complexity index is 1070. The number of nitrogens with one attached hydrogen (secondary N) is 1. The van der Waals surface area contributed by atoms with Gasteiger partial charge < -0.3 is 20.7 Å². The molecule has 0 unspecified atom stereocenters. The fraction of sp³-hybridized carbons (Fsp3) is 0.158. The molecule has 3 N–H and O–H groups in total. The molecule has 0 atom stereocenters. The maximum absolute atomic E-state index is 12.4. The predicted molar refractivity (Wildman–Crippen MR) is 111 cm³/mol. The van der Waals surface area contributed by atoms with Gasteiger partial charge in [0.25, 0.3) is 5.69 Å². The van der Waals surface area contributed by atoms with Crippen LogP contribution in [0.5, 0.6) is 0 Å². The molecule has 0 radical (unpaired) electrons. The van der Waals surface area contributed by atoms with Gasteiger partial charge in [0.05, 0.1) is 10.5 Å². The quantitative estimate of drug-likeness (QED) is 0.338. The SMILES string of the molecule is CN(C)c1nc(N)nc(COC(=O)c2ccc(Nc3ccccc3)c([N+](=O)[O-])c2)n1. The Hall–Kier alpha value is -4.28. The molecule has 3 aromatic rings. The van der Waals surface area contributed by atoms with Gasteiger partial charge in [-0.1, -0.05) is 18.2 Å². The molecule has 0 fully saturated rings. The summed E-state index contributed by atoms with van der Waals surface area (Å²) in [4.78, 5) is 36.9. The van der Waals surface area contributed by atoms with Crippen LogP contribution >= 0.6 is 0 Å². The number of nitrogens with two attached hydrogens (primary N) is 1. The van der Waals surface area contributed by atoms with Gasteiger partial charge in [-0.05, 0) is 24.3 Å². The number of esters is 1. The van der Waals surface area contributed by atoms with Crippen molar-refractivity contribution in [2.24, 2.45) is 0 Å². The Morgan fingerprint density at radius 3 is 2.57 bits per heavy atom. The van der Waals surface area contributed by atoms with E-state index in [-0.39, 0.29) is 35.3 Å². The maximum Gasteiger partial charge on any atom is 0.338 e. The second-order valence-corrected chi connectivity index (χ2v) is 6.36. The van der Waals surface area contributed by atoms with Gasteiger partial charge in [-0.3, -0.25) is 10.1 Å². The molecule has 0 spiro atoms. The molecule has 0 saturated carbocycles. The number of nitro benzene ring substituents is 1. The van der Waals surface area contributed by atoms with E-state index in [0.717, 1.165) is 6.07 Å². The molecule has 0 saturated heterocycles. The van der Waals surface area contributed by atoms with Gasteiger partial charge in [0.2, 0.25) is 11.9 Å². The highest BCUT2D eigenvalue weighted by molar-refractivity contribution is 5.91. The van der Waals surface area contributed by atoms with Gasteiger partial charge in [0.1, 0.15) is 5.69 Å². The van der Waals surface area contributed by atoms with Crippen molar-refractivity contribution in [2.75, 3.05) is 30.0 Å². The summed E-state index contributed by atoms with van der Waals surface area (Å²) in [6.07, 6.45) is 0. The van der Waals surface area contributed by atoms with Gasteiger partial charge in [0, 0.05) is 25.8 Å². The fourth-order valence-corrected chi connectivity index (χ4v) is 2.50. The Balaban J connectivity index is 1.76. The first-order valence-electron chi connectivity index (χ1n) is 8.79. The lowest BCUT2D eigenvalue weighted by Gasteiger charge is -2.12. The summed E-state index contributed by atoms with van der Waals surface area (Å²) in [6.45, 7) is -0.260. The van der Waals surface area contributed by atoms with Crippen molar-refractivity contribution in [2.45, 2.75) is 6.61 Å². The summed E-state index contributed by atoms with van der Waals surface area (Å²) in [6, 6.07) is 13.0. The summed E-state index contributed by atoms with van der Waals surface area (Å²) < 4.78 is 5.19. The maximum atomic E-state index is 12.4. The molecular formula is C19H19N7O4. The smallest absolute Gasteiger partial charge is 0.338 e. The summed E-state index contributed by atoms with van der Waals surface area (Å²) >= 11 is 0. The third kappa shape index (κ3) is 4.95. The third-order valence-corrected chi connectivity index (χ3v) is 3.90. The van der Waals surface area contributed by atoms with Crippen LogP contribution in [0, 0.1) is 10.1 Å². The van der Waals surface area contributed by atoms with Crippen molar-refractivity contribution in [3.63, 3.8) is 0 Å². The van der Waals surface area contributed by atoms with Gasteiger partial charge >= 0.3 is 5.97 Å². The van der Waals surface area contributed by atoms with Crippen LogP contribution in [0.2, 0.25) is 0 Å². The minimum atomic E-state index is -0.755. The van der Waals surface area contributed by atoms with Gasteiger partial charge in [-0.2, -0.15) is 15.0 Å². The van der Waals surface area contributed by atoms with Crippen molar-refractivity contribution in [3.05, 3.63) is 70.0 Å². The number of nitro groups is 1. The topological polar surface area (TPSA) is 149 Å². The molecule has 0 aliphatic heterocycles. The average molecular weight is 409 g/mol. The number of ether oxygens (including phenoxy) is 1. The Labute approximate surface area is 171 Å². The zero-order valence-corrected chi connectivity index (χ0v) is 16.3. The molecule has 0 bridgehead atoms. The lowest BCUT2D eigenvalue weighted by atomic mass is 10.1. The first-order chi connectivity index (χ1) is 14.3. The number of carbonyl (C=O) groups is 1. The van der Waals surface area contributed by atoms with Crippen LogP contribution in [0.15, 0.2) is 48.5 Å². The summed E-state index contributed by atoms with van der Waals surface area (Å²) in [7, 11) is 3.46. The van der Waals surface area contributed by atoms with Gasteiger partial charge in [-0.25, -0.2) is 4.79 Å². The van der Waals surface area contributed by atoms with Crippen LogP contribution in [0.25, 0.3) is 0 Å². The standard InChI is InChI=1S/C19H19N7O4/c1-25(2)19-23-16(22-18(20)24-19)11-30-17(27)12-8-9-14(15(10-12)26(28)29)21-13-6-4-3-5-7-13/h3-10,21H,11H2,1-2H3,(H2,20,22,23,24). The van der Waals surface area contributed by atoms with E-state index in [9.17, 15) is 14.9 Å². The number of hydrogen-bond acceptors (Lipinski definition) is 10. The fourth-order valence-electron chi connectivity index (χ4n) is 2.50. The first-order valence-corrected chi connectivity index (χ1v) is 8.79. The number of benzene rings is 2. The number of aromatic nitrogens is 3.